The number of aromatic nitrogens is 1. The summed E-state index contributed by atoms with van der Waals surface area (Å²) in [7, 11) is 0. The summed E-state index contributed by atoms with van der Waals surface area (Å²) in [5.74, 6) is 0. The van der Waals surface area contributed by atoms with E-state index in [0.717, 1.165) is 43.9 Å². The quantitative estimate of drug-likeness (QED) is 0.882. The van der Waals surface area contributed by atoms with Gasteiger partial charge in [-0.05, 0) is 37.5 Å². The van der Waals surface area contributed by atoms with Crippen molar-refractivity contribution in [1.29, 1.82) is 0 Å². The molecule has 0 amide bonds. The molecule has 5 heteroatoms. The van der Waals surface area contributed by atoms with Crippen LogP contribution in [0.25, 0.3) is 0 Å². The highest BCUT2D eigenvalue weighted by atomic mass is 32.1. The fraction of sp³-hybridized carbons (Fsp3) is 0.400. The highest BCUT2D eigenvalue weighted by Gasteiger charge is 2.18. The Morgan fingerprint density at radius 3 is 2.95 bits per heavy atom. The van der Waals surface area contributed by atoms with Crippen LogP contribution < -0.4 is 15.5 Å². The third-order valence-corrected chi connectivity index (χ3v) is 4.83. The fourth-order valence-electron chi connectivity index (χ4n) is 2.86. The van der Waals surface area contributed by atoms with Crippen LogP contribution in [0.5, 0.6) is 0 Å². The Labute approximate surface area is 122 Å². The monoisotopic (exact) mass is 289 g/mol. The summed E-state index contributed by atoms with van der Waals surface area (Å²) < 4.78 is 1.85. The minimum atomic E-state index is 0.132. The van der Waals surface area contributed by atoms with E-state index in [4.69, 9.17) is 5.73 Å². The van der Waals surface area contributed by atoms with Gasteiger partial charge in [-0.25, -0.2) is 0 Å². The number of fused-ring (bicyclic) bond motifs is 1. The van der Waals surface area contributed by atoms with E-state index >= 15 is 0 Å². The molecule has 20 heavy (non-hydrogen) atoms. The highest BCUT2D eigenvalue weighted by Crippen LogP contribution is 2.30. The molecule has 0 unspecified atom stereocenters. The van der Waals surface area contributed by atoms with Gasteiger partial charge in [-0.1, -0.05) is 17.4 Å². The SMILES string of the molecule is Cc1csc(=O)n1CCN1CCCc2c(N)cccc21. The van der Waals surface area contributed by atoms with Crippen LogP contribution in [0.1, 0.15) is 17.7 Å². The van der Waals surface area contributed by atoms with E-state index in [1.807, 2.05) is 29.0 Å². The zero-order valence-corrected chi connectivity index (χ0v) is 12.4. The van der Waals surface area contributed by atoms with E-state index in [2.05, 4.69) is 11.0 Å². The van der Waals surface area contributed by atoms with Crippen molar-refractivity contribution in [1.82, 2.24) is 4.57 Å². The summed E-state index contributed by atoms with van der Waals surface area (Å²) in [6.07, 6.45) is 2.18. The summed E-state index contributed by atoms with van der Waals surface area (Å²) in [6, 6.07) is 6.11. The molecule has 0 atom stereocenters. The van der Waals surface area contributed by atoms with Gasteiger partial charge >= 0.3 is 4.87 Å². The molecule has 2 heterocycles. The van der Waals surface area contributed by atoms with E-state index < -0.39 is 0 Å². The predicted octanol–water partition coefficient (Wildman–Crippen LogP) is 2.25. The Bertz CT molecular complexity index is 674. The molecule has 1 aromatic carbocycles. The number of nitrogens with two attached hydrogens (primary N) is 1. The smallest absolute Gasteiger partial charge is 0.307 e. The van der Waals surface area contributed by atoms with Gasteiger partial charge in [0.05, 0.1) is 0 Å². The van der Waals surface area contributed by atoms with Gasteiger partial charge < -0.3 is 15.2 Å². The van der Waals surface area contributed by atoms with Crippen LogP contribution in [-0.2, 0) is 13.0 Å². The van der Waals surface area contributed by atoms with Crippen molar-refractivity contribution >= 4 is 22.7 Å². The van der Waals surface area contributed by atoms with Gasteiger partial charge in [0.15, 0.2) is 0 Å². The number of nitrogen functional groups attached to an aromatic ring is 1. The van der Waals surface area contributed by atoms with Crippen LogP contribution in [0.15, 0.2) is 28.4 Å². The summed E-state index contributed by atoms with van der Waals surface area (Å²) in [5.41, 5.74) is 10.5. The van der Waals surface area contributed by atoms with E-state index in [1.54, 1.807) is 0 Å². The highest BCUT2D eigenvalue weighted by molar-refractivity contribution is 7.07. The van der Waals surface area contributed by atoms with E-state index in [-0.39, 0.29) is 4.87 Å². The first kappa shape index (κ1) is 13.2. The van der Waals surface area contributed by atoms with Gasteiger partial charge in [-0.2, -0.15) is 0 Å². The predicted molar refractivity (Wildman–Crippen MR) is 84.7 cm³/mol. The van der Waals surface area contributed by atoms with Gasteiger partial charge in [0.25, 0.3) is 0 Å². The molecule has 0 saturated carbocycles. The number of hydrogen-bond acceptors (Lipinski definition) is 4. The normalized spacial score (nSPS) is 14.3. The number of hydrogen-bond donors (Lipinski definition) is 1. The molecule has 0 radical (unpaired) electrons. The third-order valence-electron chi connectivity index (χ3n) is 3.95. The first-order valence-electron chi connectivity index (χ1n) is 6.94. The van der Waals surface area contributed by atoms with Crippen LogP contribution in [0.2, 0.25) is 0 Å². The Morgan fingerprint density at radius 2 is 2.20 bits per heavy atom. The van der Waals surface area contributed by atoms with Crippen molar-refractivity contribution in [3.63, 3.8) is 0 Å². The molecule has 106 valence electrons. The van der Waals surface area contributed by atoms with E-state index in [9.17, 15) is 4.79 Å². The number of anilines is 2. The molecule has 0 aliphatic carbocycles. The Balaban J connectivity index is 1.80. The zero-order chi connectivity index (χ0) is 14.1. The van der Waals surface area contributed by atoms with E-state index in [0.29, 0.717) is 0 Å². The second-order valence-corrected chi connectivity index (χ2v) is 6.05. The van der Waals surface area contributed by atoms with Crippen molar-refractivity contribution in [2.24, 2.45) is 0 Å². The van der Waals surface area contributed by atoms with E-state index in [1.165, 1.54) is 22.6 Å². The van der Waals surface area contributed by atoms with Gasteiger partial charge in [-0.3, -0.25) is 4.79 Å². The maximum Gasteiger partial charge on any atom is 0.307 e. The average Bonchev–Trinajstić information content (AvgIpc) is 2.76. The van der Waals surface area contributed by atoms with Crippen molar-refractivity contribution < 1.29 is 0 Å². The summed E-state index contributed by atoms with van der Waals surface area (Å²) in [4.78, 5) is 14.2. The summed E-state index contributed by atoms with van der Waals surface area (Å²) >= 11 is 1.27. The molecule has 1 aliphatic rings. The molecule has 0 fully saturated rings. The van der Waals surface area contributed by atoms with Crippen LogP contribution >= 0.6 is 11.3 Å². The van der Waals surface area contributed by atoms with Crippen LogP contribution in [0, 0.1) is 6.92 Å². The van der Waals surface area contributed by atoms with Crippen molar-refractivity contribution in [2.75, 3.05) is 23.7 Å². The topological polar surface area (TPSA) is 51.3 Å². The lowest BCUT2D eigenvalue weighted by Crippen LogP contribution is -2.34. The Hall–Kier alpha value is -1.75. The van der Waals surface area contributed by atoms with Gasteiger partial charge in [-0.15, -0.1) is 0 Å². The number of aryl methyl sites for hydroxylation is 1. The largest absolute Gasteiger partial charge is 0.398 e. The van der Waals surface area contributed by atoms with Crippen LogP contribution in [0.4, 0.5) is 11.4 Å². The molecular weight excluding hydrogens is 270 g/mol. The molecular formula is C15H19N3OS. The molecule has 1 aromatic heterocycles. The molecule has 2 N–H and O–H groups in total. The first-order chi connectivity index (χ1) is 9.66. The lowest BCUT2D eigenvalue weighted by Gasteiger charge is -2.32. The van der Waals surface area contributed by atoms with Crippen molar-refractivity contribution in [3.8, 4) is 0 Å². The number of thiazole rings is 1. The Kier molecular flexibility index (Phi) is 3.53. The maximum absolute atomic E-state index is 11.8. The molecule has 0 spiro atoms. The number of benzene rings is 1. The molecule has 3 rings (SSSR count). The van der Waals surface area contributed by atoms with Crippen LogP contribution in [-0.4, -0.2) is 17.7 Å². The second-order valence-electron chi connectivity index (χ2n) is 5.23. The first-order valence-corrected chi connectivity index (χ1v) is 7.82. The Morgan fingerprint density at radius 1 is 1.35 bits per heavy atom. The lowest BCUT2D eigenvalue weighted by molar-refractivity contribution is 0.609. The number of rotatable bonds is 3. The van der Waals surface area contributed by atoms with Gasteiger partial charge in [0.1, 0.15) is 0 Å². The standard InChI is InChI=1S/C15H19N3OS/c1-11-10-20-15(19)18(11)9-8-17-7-3-4-12-13(16)5-2-6-14(12)17/h2,5-6,10H,3-4,7-9,16H2,1H3. The molecule has 2 aromatic rings. The molecule has 0 saturated heterocycles. The lowest BCUT2D eigenvalue weighted by atomic mass is 10.00. The fourth-order valence-corrected chi connectivity index (χ4v) is 3.62. The number of nitrogens with zero attached hydrogens (tertiary/aromatic N) is 2. The summed E-state index contributed by atoms with van der Waals surface area (Å²) in [6.45, 7) is 4.62. The summed E-state index contributed by atoms with van der Waals surface area (Å²) in [5, 5.41) is 1.92. The average molecular weight is 289 g/mol. The minimum Gasteiger partial charge on any atom is -0.398 e. The van der Waals surface area contributed by atoms with Gasteiger partial charge in [0.2, 0.25) is 0 Å². The third kappa shape index (κ3) is 2.33. The van der Waals surface area contributed by atoms with Crippen molar-refractivity contribution in [3.05, 3.63) is 44.5 Å². The van der Waals surface area contributed by atoms with Crippen LogP contribution in [0.3, 0.4) is 0 Å². The van der Waals surface area contributed by atoms with Gasteiger partial charge in [0, 0.05) is 42.1 Å². The van der Waals surface area contributed by atoms with Crippen molar-refractivity contribution in [2.45, 2.75) is 26.3 Å². The molecule has 0 bridgehead atoms. The molecule has 1 aliphatic heterocycles. The molecule has 4 nitrogen and oxygen atoms in total. The zero-order valence-electron chi connectivity index (χ0n) is 11.6. The minimum absolute atomic E-state index is 0.132. The second kappa shape index (κ2) is 5.32. The maximum atomic E-state index is 11.8.